The van der Waals surface area contributed by atoms with Crippen molar-refractivity contribution in [2.45, 2.75) is 25.8 Å². The Labute approximate surface area is 116 Å². The number of amides is 1. The fourth-order valence-electron chi connectivity index (χ4n) is 2.32. The molecule has 1 saturated heterocycles. The predicted octanol–water partition coefficient (Wildman–Crippen LogP) is 2.04. The zero-order valence-electron chi connectivity index (χ0n) is 10.5. The molecule has 0 aromatic carbocycles. The Bertz CT molecular complexity index is 428. The van der Waals surface area contributed by atoms with Crippen LogP contribution >= 0.6 is 15.9 Å². The summed E-state index contributed by atoms with van der Waals surface area (Å²) in [7, 11) is 0. The Morgan fingerprint density at radius 1 is 1.56 bits per heavy atom. The first-order chi connectivity index (χ1) is 8.59. The van der Waals surface area contributed by atoms with E-state index in [-0.39, 0.29) is 11.9 Å². The SMILES string of the molecule is CC(N)C1CCN(C(=O)c2ncccc2Br)CC1. The monoisotopic (exact) mass is 311 g/mol. The summed E-state index contributed by atoms with van der Waals surface area (Å²) in [6, 6.07) is 3.86. The first-order valence-electron chi connectivity index (χ1n) is 6.25. The van der Waals surface area contributed by atoms with Crippen molar-refractivity contribution in [3.63, 3.8) is 0 Å². The number of carbonyl (C=O) groups excluding carboxylic acids is 1. The molecule has 5 heteroatoms. The van der Waals surface area contributed by atoms with E-state index in [1.54, 1.807) is 6.20 Å². The highest BCUT2D eigenvalue weighted by molar-refractivity contribution is 9.10. The number of nitrogens with two attached hydrogens (primary N) is 1. The summed E-state index contributed by atoms with van der Waals surface area (Å²) in [6.07, 6.45) is 3.61. The van der Waals surface area contributed by atoms with Crippen molar-refractivity contribution in [1.29, 1.82) is 0 Å². The lowest BCUT2D eigenvalue weighted by Gasteiger charge is -2.33. The molecule has 98 valence electrons. The maximum Gasteiger partial charge on any atom is 0.273 e. The van der Waals surface area contributed by atoms with Gasteiger partial charge in [0.1, 0.15) is 5.69 Å². The largest absolute Gasteiger partial charge is 0.337 e. The van der Waals surface area contributed by atoms with E-state index in [1.165, 1.54) is 0 Å². The number of likely N-dealkylation sites (tertiary alicyclic amines) is 1. The van der Waals surface area contributed by atoms with Crippen LogP contribution in [0.1, 0.15) is 30.3 Å². The minimum absolute atomic E-state index is 0.00518. The molecule has 18 heavy (non-hydrogen) atoms. The Kier molecular flexibility index (Phi) is 4.35. The molecule has 1 fully saturated rings. The van der Waals surface area contributed by atoms with Gasteiger partial charge in [-0.25, -0.2) is 4.98 Å². The van der Waals surface area contributed by atoms with Crippen molar-refractivity contribution >= 4 is 21.8 Å². The third-order valence-electron chi connectivity index (χ3n) is 3.53. The zero-order valence-corrected chi connectivity index (χ0v) is 12.1. The first-order valence-corrected chi connectivity index (χ1v) is 7.04. The molecule has 0 spiro atoms. The molecule has 1 atom stereocenters. The minimum atomic E-state index is 0.00518. The number of piperidine rings is 1. The summed E-state index contributed by atoms with van der Waals surface area (Å²) in [6.45, 7) is 3.58. The van der Waals surface area contributed by atoms with Crippen LogP contribution in [-0.2, 0) is 0 Å². The van der Waals surface area contributed by atoms with Gasteiger partial charge in [-0.05, 0) is 53.7 Å². The van der Waals surface area contributed by atoms with Gasteiger partial charge in [0, 0.05) is 29.8 Å². The van der Waals surface area contributed by atoms with E-state index in [1.807, 2.05) is 24.0 Å². The van der Waals surface area contributed by atoms with E-state index in [9.17, 15) is 4.79 Å². The molecule has 0 saturated carbocycles. The molecular formula is C13H18BrN3O. The Hall–Kier alpha value is -0.940. The van der Waals surface area contributed by atoms with Crippen LogP contribution in [0.4, 0.5) is 0 Å². The second kappa shape index (κ2) is 5.80. The van der Waals surface area contributed by atoms with Gasteiger partial charge in [-0.3, -0.25) is 4.79 Å². The van der Waals surface area contributed by atoms with Crippen LogP contribution < -0.4 is 5.73 Å². The number of rotatable bonds is 2. The number of aromatic nitrogens is 1. The molecule has 1 amide bonds. The second-order valence-corrected chi connectivity index (χ2v) is 5.68. The van der Waals surface area contributed by atoms with Crippen LogP contribution in [0.3, 0.4) is 0 Å². The van der Waals surface area contributed by atoms with Crippen molar-refractivity contribution < 1.29 is 4.79 Å². The second-order valence-electron chi connectivity index (χ2n) is 4.82. The molecule has 0 aliphatic carbocycles. The number of hydrogen-bond acceptors (Lipinski definition) is 3. The van der Waals surface area contributed by atoms with E-state index >= 15 is 0 Å². The number of nitrogens with zero attached hydrogens (tertiary/aromatic N) is 2. The lowest BCUT2D eigenvalue weighted by atomic mass is 9.91. The maximum atomic E-state index is 12.3. The Morgan fingerprint density at radius 3 is 2.78 bits per heavy atom. The number of carbonyl (C=O) groups is 1. The van der Waals surface area contributed by atoms with E-state index in [0.717, 1.165) is 30.4 Å². The van der Waals surface area contributed by atoms with Crippen molar-refractivity contribution in [3.8, 4) is 0 Å². The average molecular weight is 312 g/mol. The fourth-order valence-corrected chi connectivity index (χ4v) is 2.75. The molecule has 1 aliphatic rings. The number of hydrogen-bond donors (Lipinski definition) is 1. The summed E-state index contributed by atoms with van der Waals surface area (Å²) in [4.78, 5) is 18.3. The van der Waals surface area contributed by atoms with Gasteiger partial charge in [-0.1, -0.05) is 0 Å². The Morgan fingerprint density at radius 2 is 2.22 bits per heavy atom. The standard InChI is InChI=1S/C13H18BrN3O/c1-9(15)10-4-7-17(8-5-10)13(18)12-11(14)3-2-6-16-12/h2-3,6,9-10H,4-5,7-8,15H2,1H3. The number of halogens is 1. The highest BCUT2D eigenvalue weighted by Gasteiger charge is 2.26. The van der Waals surface area contributed by atoms with Crippen LogP contribution in [0.15, 0.2) is 22.8 Å². The molecule has 1 aromatic rings. The molecule has 1 unspecified atom stereocenters. The molecule has 1 aromatic heterocycles. The summed E-state index contributed by atoms with van der Waals surface area (Å²) in [5, 5.41) is 0. The van der Waals surface area contributed by atoms with Gasteiger partial charge in [0.15, 0.2) is 0 Å². The number of pyridine rings is 1. The molecule has 0 radical (unpaired) electrons. The van der Waals surface area contributed by atoms with E-state index in [0.29, 0.717) is 11.6 Å². The van der Waals surface area contributed by atoms with Crippen molar-refractivity contribution in [1.82, 2.24) is 9.88 Å². The lowest BCUT2D eigenvalue weighted by molar-refractivity contribution is 0.0674. The smallest absolute Gasteiger partial charge is 0.273 e. The third kappa shape index (κ3) is 2.90. The van der Waals surface area contributed by atoms with Crippen molar-refractivity contribution in [2.24, 2.45) is 11.7 Å². The lowest BCUT2D eigenvalue weighted by Crippen LogP contribution is -2.42. The fraction of sp³-hybridized carbons (Fsp3) is 0.538. The molecule has 0 bridgehead atoms. The third-order valence-corrected chi connectivity index (χ3v) is 4.17. The van der Waals surface area contributed by atoms with Gasteiger partial charge in [0.25, 0.3) is 5.91 Å². The van der Waals surface area contributed by atoms with Gasteiger partial charge in [0.05, 0.1) is 0 Å². The summed E-state index contributed by atoms with van der Waals surface area (Å²) in [5.74, 6) is 0.534. The summed E-state index contributed by atoms with van der Waals surface area (Å²) in [5.41, 5.74) is 6.40. The molecule has 1 aliphatic heterocycles. The molecule has 2 N–H and O–H groups in total. The predicted molar refractivity (Wildman–Crippen MR) is 74.2 cm³/mol. The van der Waals surface area contributed by atoms with Crippen LogP contribution in [0.5, 0.6) is 0 Å². The van der Waals surface area contributed by atoms with Gasteiger partial charge in [0.2, 0.25) is 0 Å². The van der Waals surface area contributed by atoms with Crippen molar-refractivity contribution in [2.75, 3.05) is 13.1 Å². The van der Waals surface area contributed by atoms with Crippen molar-refractivity contribution in [3.05, 3.63) is 28.5 Å². The first kappa shape index (κ1) is 13.5. The average Bonchev–Trinajstić information content (AvgIpc) is 2.38. The maximum absolute atomic E-state index is 12.3. The topological polar surface area (TPSA) is 59.2 Å². The van der Waals surface area contributed by atoms with Crippen LogP contribution in [0, 0.1) is 5.92 Å². The van der Waals surface area contributed by atoms with Crippen LogP contribution in [0.2, 0.25) is 0 Å². The quantitative estimate of drug-likeness (QED) is 0.909. The highest BCUT2D eigenvalue weighted by atomic mass is 79.9. The molecule has 2 rings (SSSR count). The van der Waals surface area contributed by atoms with E-state index in [2.05, 4.69) is 20.9 Å². The Balaban J connectivity index is 2.02. The zero-order chi connectivity index (χ0) is 13.1. The van der Waals surface area contributed by atoms with Crippen LogP contribution in [0.25, 0.3) is 0 Å². The summed E-state index contributed by atoms with van der Waals surface area (Å²) < 4.78 is 0.754. The van der Waals surface area contributed by atoms with E-state index in [4.69, 9.17) is 5.73 Å². The van der Waals surface area contributed by atoms with Gasteiger partial charge in [-0.15, -0.1) is 0 Å². The summed E-state index contributed by atoms with van der Waals surface area (Å²) >= 11 is 3.37. The van der Waals surface area contributed by atoms with Gasteiger partial charge in [-0.2, -0.15) is 0 Å². The van der Waals surface area contributed by atoms with Gasteiger partial charge < -0.3 is 10.6 Å². The normalized spacial score (nSPS) is 18.7. The molecule has 4 nitrogen and oxygen atoms in total. The van der Waals surface area contributed by atoms with Gasteiger partial charge >= 0.3 is 0 Å². The van der Waals surface area contributed by atoms with Crippen LogP contribution in [-0.4, -0.2) is 34.9 Å². The molecule has 2 heterocycles. The molecular weight excluding hydrogens is 294 g/mol. The highest BCUT2D eigenvalue weighted by Crippen LogP contribution is 2.22. The minimum Gasteiger partial charge on any atom is -0.337 e. The van der Waals surface area contributed by atoms with E-state index < -0.39 is 0 Å².